The van der Waals surface area contributed by atoms with Crippen molar-refractivity contribution in [2.75, 3.05) is 31.1 Å². The van der Waals surface area contributed by atoms with Crippen molar-refractivity contribution in [3.8, 4) is 0 Å². The highest BCUT2D eigenvalue weighted by atomic mass is 35.5. The van der Waals surface area contributed by atoms with Gasteiger partial charge in [0, 0.05) is 49.3 Å². The number of halogens is 1. The van der Waals surface area contributed by atoms with Gasteiger partial charge < -0.3 is 10.2 Å². The highest BCUT2D eigenvalue weighted by Crippen LogP contribution is 2.19. The molecule has 1 amide bonds. The van der Waals surface area contributed by atoms with Gasteiger partial charge in [0.1, 0.15) is 0 Å². The first-order chi connectivity index (χ1) is 11.6. The van der Waals surface area contributed by atoms with Crippen LogP contribution in [0.1, 0.15) is 12.5 Å². The van der Waals surface area contributed by atoms with Crippen LogP contribution < -0.4 is 10.2 Å². The van der Waals surface area contributed by atoms with E-state index in [2.05, 4.69) is 20.1 Å². The predicted octanol–water partition coefficient (Wildman–Crippen LogP) is 2.62. The highest BCUT2D eigenvalue weighted by Gasteiger charge is 2.26. The Bertz CT molecular complexity index is 671. The number of anilines is 1. The minimum atomic E-state index is -0.147. The number of rotatable bonds is 5. The summed E-state index contributed by atoms with van der Waals surface area (Å²) in [6.45, 7) is 5.94. The first-order valence-electron chi connectivity index (χ1n) is 8.05. The van der Waals surface area contributed by atoms with Crippen molar-refractivity contribution in [3.63, 3.8) is 0 Å². The number of piperazine rings is 1. The zero-order valence-corrected chi connectivity index (χ0v) is 15.2. The minimum absolute atomic E-state index is 0.0395. The van der Waals surface area contributed by atoms with Gasteiger partial charge in [-0.2, -0.15) is 0 Å². The Balaban J connectivity index is 1.49. The van der Waals surface area contributed by atoms with Crippen LogP contribution in [0.25, 0.3) is 0 Å². The Morgan fingerprint density at radius 3 is 2.75 bits per heavy atom. The molecule has 0 radical (unpaired) electrons. The Labute approximate surface area is 151 Å². The van der Waals surface area contributed by atoms with Crippen LogP contribution in [0.3, 0.4) is 0 Å². The van der Waals surface area contributed by atoms with E-state index in [1.165, 1.54) is 0 Å². The lowest BCUT2D eigenvalue weighted by Gasteiger charge is -2.37. The Kier molecular flexibility index (Phi) is 5.71. The van der Waals surface area contributed by atoms with Crippen molar-refractivity contribution < 1.29 is 4.79 Å². The van der Waals surface area contributed by atoms with E-state index in [1.807, 2.05) is 42.8 Å². The number of hydrogen-bond donors (Lipinski definition) is 1. The maximum absolute atomic E-state index is 12.4. The van der Waals surface area contributed by atoms with Gasteiger partial charge in [0.2, 0.25) is 5.91 Å². The molecule has 3 rings (SSSR count). The van der Waals surface area contributed by atoms with Gasteiger partial charge in [0.05, 0.1) is 6.04 Å². The van der Waals surface area contributed by atoms with Crippen molar-refractivity contribution >= 4 is 34.0 Å². The number of aromatic nitrogens is 1. The smallest absolute Gasteiger partial charge is 0.237 e. The molecule has 0 saturated carbocycles. The molecule has 1 N–H and O–H groups in total. The lowest BCUT2D eigenvalue weighted by molar-refractivity contribution is -0.126. The van der Waals surface area contributed by atoms with Gasteiger partial charge in [-0.15, -0.1) is 11.3 Å². The van der Waals surface area contributed by atoms with Crippen LogP contribution >= 0.6 is 22.9 Å². The van der Waals surface area contributed by atoms with Crippen molar-refractivity contribution in [1.29, 1.82) is 0 Å². The van der Waals surface area contributed by atoms with Crippen LogP contribution in [0.2, 0.25) is 5.02 Å². The first-order valence-corrected chi connectivity index (χ1v) is 9.30. The van der Waals surface area contributed by atoms with Crippen LogP contribution in [0.5, 0.6) is 0 Å². The van der Waals surface area contributed by atoms with E-state index in [0.29, 0.717) is 11.6 Å². The summed E-state index contributed by atoms with van der Waals surface area (Å²) >= 11 is 7.79. The molecule has 1 aromatic heterocycles. The molecular formula is C17H21ClN4OS. The zero-order chi connectivity index (χ0) is 16.9. The molecule has 1 fully saturated rings. The topological polar surface area (TPSA) is 48.5 Å². The third-order valence-corrected chi connectivity index (χ3v) is 5.54. The molecule has 0 aliphatic carbocycles. The normalized spacial score (nSPS) is 16.8. The fraction of sp³-hybridized carbons (Fsp3) is 0.412. The molecule has 0 spiro atoms. The maximum Gasteiger partial charge on any atom is 0.237 e. The fourth-order valence-corrected chi connectivity index (χ4v) is 3.71. The molecule has 2 aromatic rings. The average molecular weight is 365 g/mol. The predicted molar refractivity (Wildman–Crippen MR) is 98.7 cm³/mol. The molecule has 1 aliphatic rings. The zero-order valence-electron chi connectivity index (χ0n) is 13.6. The van der Waals surface area contributed by atoms with E-state index in [0.717, 1.165) is 36.9 Å². The van der Waals surface area contributed by atoms with Crippen LogP contribution in [-0.2, 0) is 11.3 Å². The second kappa shape index (κ2) is 7.96. The van der Waals surface area contributed by atoms with Crippen LogP contribution in [0, 0.1) is 0 Å². The summed E-state index contributed by atoms with van der Waals surface area (Å²) < 4.78 is 0. The molecule has 128 valence electrons. The number of benzene rings is 1. The number of nitrogens with zero attached hydrogens (tertiary/aromatic N) is 3. The van der Waals surface area contributed by atoms with Gasteiger partial charge in [-0.25, -0.2) is 4.98 Å². The van der Waals surface area contributed by atoms with Gasteiger partial charge >= 0.3 is 0 Å². The van der Waals surface area contributed by atoms with E-state index in [-0.39, 0.29) is 11.9 Å². The largest absolute Gasteiger partial charge is 0.351 e. The van der Waals surface area contributed by atoms with Crippen LogP contribution in [0.15, 0.2) is 35.8 Å². The minimum Gasteiger partial charge on any atom is -0.351 e. The molecule has 1 saturated heterocycles. The summed E-state index contributed by atoms with van der Waals surface area (Å²) in [5.41, 5.74) is 0.938. The van der Waals surface area contributed by atoms with E-state index in [4.69, 9.17) is 11.6 Å². The number of carbonyl (C=O) groups excluding carboxylic acids is 1. The van der Waals surface area contributed by atoms with Crippen LogP contribution in [0.4, 0.5) is 5.13 Å². The number of thiazole rings is 1. The second-order valence-corrected chi connectivity index (χ2v) is 7.10. The van der Waals surface area contributed by atoms with Gasteiger partial charge in [-0.1, -0.05) is 29.8 Å². The van der Waals surface area contributed by atoms with E-state index >= 15 is 0 Å². The summed E-state index contributed by atoms with van der Waals surface area (Å²) in [6, 6.07) is 7.43. The van der Waals surface area contributed by atoms with Crippen LogP contribution in [-0.4, -0.2) is 48.0 Å². The quantitative estimate of drug-likeness (QED) is 0.886. The van der Waals surface area contributed by atoms with Gasteiger partial charge in [-0.3, -0.25) is 9.69 Å². The van der Waals surface area contributed by atoms with Gasteiger partial charge in [-0.05, 0) is 18.6 Å². The molecule has 0 bridgehead atoms. The molecule has 5 nitrogen and oxygen atoms in total. The van der Waals surface area contributed by atoms with Crippen molar-refractivity contribution in [2.45, 2.75) is 19.5 Å². The lowest BCUT2D eigenvalue weighted by Crippen LogP contribution is -2.53. The Morgan fingerprint density at radius 2 is 2.08 bits per heavy atom. The van der Waals surface area contributed by atoms with Gasteiger partial charge in [0.15, 0.2) is 5.13 Å². The van der Waals surface area contributed by atoms with Crippen molar-refractivity contribution in [3.05, 3.63) is 46.4 Å². The SMILES string of the molecule is C[C@@H](C(=O)NCc1ccccc1Cl)N1CCN(c2nccs2)CC1. The Hall–Kier alpha value is -1.63. The Morgan fingerprint density at radius 1 is 1.33 bits per heavy atom. The molecule has 1 aromatic carbocycles. The number of amides is 1. The standard InChI is InChI=1S/C17H21ClN4OS/c1-13(16(23)20-12-14-4-2-3-5-15(14)18)21-7-9-22(10-8-21)17-19-6-11-24-17/h2-6,11,13H,7-10,12H2,1H3,(H,20,23)/t13-/m0/s1. The van der Waals surface area contributed by atoms with E-state index < -0.39 is 0 Å². The summed E-state index contributed by atoms with van der Waals surface area (Å²) in [7, 11) is 0. The fourth-order valence-electron chi connectivity index (χ4n) is 2.81. The molecule has 24 heavy (non-hydrogen) atoms. The summed E-state index contributed by atoms with van der Waals surface area (Å²) in [5, 5.41) is 6.72. The molecule has 0 unspecified atom stereocenters. The number of hydrogen-bond acceptors (Lipinski definition) is 5. The van der Waals surface area contributed by atoms with Crippen molar-refractivity contribution in [1.82, 2.24) is 15.2 Å². The number of carbonyl (C=O) groups is 1. The van der Waals surface area contributed by atoms with Crippen molar-refractivity contribution in [2.24, 2.45) is 0 Å². The van der Waals surface area contributed by atoms with E-state index in [1.54, 1.807) is 11.3 Å². The lowest BCUT2D eigenvalue weighted by atomic mass is 10.2. The van der Waals surface area contributed by atoms with E-state index in [9.17, 15) is 4.79 Å². The molecule has 1 atom stereocenters. The molecule has 2 heterocycles. The monoisotopic (exact) mass is 364 g/mol. The summed E-state index contributed by atoms with van der Waals surface area (Å²) in [5.74, 6) is 0.0395. The molecule has 7 heteroatoms. The number of nitrogens with one attached hydrogen (secondary N) is 1. The third-order valence-electron chi connectivity index (χ3n) is 4.34. The second-order valence-electron chi connectivity index (χ2n) is 5.82. The first kappa shape index (κ1) is 17.2. The highest BCUT2D eigenvalue weighted by molar-refractivity contribution is 7.13. The third kappa shape index (κ3) is 4.06. The summed E-state index contributed by atoms with van der Waals surface area (Å²) in [4.78, 5) is 21.3. The average Bonchev–Trinajstić information content (AvgIpc) is 3.15. The molecular weight excluding hydrogens is 344 g/mol. The maximum atomic E-state index is 12.4. The summed E-state index contributed by atoms with van der Waals surface area (Å²) in [6.07, 6.45) is 1.83. The van der Waals surface area contributed by atoms with Gasteiger partial charge in [0.25, 0.3) is 0 Å². The molecule has 1 aliphatic heterocycles.